The van der Waals surface area contributed by atoms with Crippen LogP contribution in [0, 0.1) is 0 Å². The molecular formula is C15H12F3NO3S. The van der Waals surface area contributed by atoms with E-state index in [0.717, 1.165) is 24.4 Å². The van der Waals surface area contributed by atoms with Crippen LogP contribution >= 0.6 is 0 Å². The summed E-state index contributed by atoms with van der Waals surface area (Å²) in [4.78, 5) is 14.3. The lowest BCUT2D eigenvalue weighted by atomic mass is 10.0. The monoisotopic (exact) mass is 343 g/mol. The number of alkyl halides is 3. The Morgan fingerprint density at radius 1 is 1.22 bits per heavy atom. The number of benzene rings is 1. The number of aromatic nitrogens is 1. The van der Waals surface area contributed by atoms with E-state index in [-0.39, 0.29) is 27.5 Å². The van der Waals surface area contributed by atoms with Gasteiger partial charge >= 0.3 is 6.18 Å². The second kappa shape index (κ2) is 6.11. The van der Waals surface area contributed by atoms with E-state index in [9.17, 15) is 26.4 Å². The molecule has 0 unspecified atom stereocenters. The maximum absolute atomic E-state index is 12.8. The number of aldehydes is 1. The van der Waals surface area contributed by atoms with E-state index in [1.54, 1.807) is 0 Å². The van der Waals surface area contributed by atoms with Gasteiger partial charge in [0.15, 0.2) is 16.1 Å². The first kappa shape index (κ1) is 17.1. The second-order valence-electron chi connectivity index (χ2n) is 4.71. The fourth-order valence-electron chi connectivity index (χ4n) is 2.01. The SMILES string of the molecule is CCS(=O)(=O)c1cc(C=O)ncc1-c1cccc(C(F)(F)F)c1. The zero-order valence-electron chi connectivity index (χ0n) is 12.0. The van der Waals surface area contributed by atoms with Gasteiger partial charge < -0.3 is 0 Å². The number of hydrogen-bond donors (Lipinski definition) is 0. The number of hydrogen-bond acceptors (Lipinski definition) is 4. The van der Waals surface area contributed by atoms with Crippen LogP contribution in [0.25, 0.3) is 11.1 Å². The largest absolute Gasteiger partial charge is 0.416 e. The number of nitrogens with zero attached hydrogens (tertiary/aromatic N) is 1. The van der Waals surface area contributed by atoms with Gasteiger partial charge in [0.1, 0.15) is 5.69 Å². The van der Waals surface area contributed by atoms with Crippen LogP contribution in [0.15, 0.2) is 41.4 Å². The molecule has 2 aromatic rings. The number of carbonyl (C=O) groups excluding carboxylic acids is 1. The van der Waals surface area contributed by atoms with Crippen molar-refractivity contribution in [1.29, 1.82) is 0 Å². The maximum atomic E-state index is 12.8. The molecule has 8 heteroatoms. The first-order valence-corrected chi connectivity index (χ1v) is 8.20. The van der Waals surface area contributed by atoms with Gasteiger partial charge in [-0.2, -0.15) is 13.2 Å². The highest BCUT2D eigenvalue weighted by molar-refractivity contribution is 7.91. The molecule has 0 radical (unpaired) electrons. The molecule has 4 nitrogen and oxygen atoms in total. The molecule has 0 saturated carbocycles. The summed E-state index contributed by atoms with van der Waals surface area (Å²) in [6.07, 6.45) is -3.07. The summed E-state index contributed by atoms with van der Waals surface area (Å²) in [6.45, 7) is 1.41. The lowest BCUT2D eigenvalue weighted by Gasteiger charge is -2.12. The fourth-order valence-corrected chi connectivity index (χ4v) is 3.13. The van der Waals surface area contributed by atoms with Crippen molar-refractivity contribution in [2.24, 2.45) is 0 Å². The molecule has 0 amide bonds. The van der Waals surface area contributed by atoms with Crippen LogP contribution in [-0.4, -0.2) is 25.4 Å². The van der Waals surface area contributed by atoms with E-state index in [4.69, 9.17) is 0 Å². The van der Waals surface area contributed by atoms with Gasteiger partial charge in [-0.1, -0.05) is 19.1 Å². The van der Waals surface area contributed by atoms with Crippen LogP contribution in [0.4, 0.5) is 13.2 Å². The molecule has 1 aromatic carbocycles. The zero-order chi connectivity index (χ0) is 17.3. The van der Waals surface area contributed by atoms with Gasteiger partial charge in [-0.3, -0.25) is 9.78 Å². The number of sulfone groups is 1. The first-order chi connectivity index (χ1) is 10.7. The number of rotatable bonds is 4. The van der Waals surface area contributed by atoms with Gasteiger partial charge in [0.05, 0.1) is 16.2 Å². The normalized spacial score (nSPS) is 12.2. The van der Waals surface area contributed by atoms with E-state index >= 15 is 0 Å². The first-order valence-electron chi connectivity index (χ1n) is 6.54. The van der Waals surface area contributed by atoms with Gasteiger partial charge in [0.25, 0.3) is 0 Å². The Kier molecular flexibility index (Phi) is 4.56. The average Bonchev–Trinajstić information content (AvgIpc) is 2.53. The third kappa shape index (κ3) is 3.58. The molecule has 122 valence electrons. The van der Waals surface area contributed by atoms with Crippen LogP contribution in [0.1, 0.15) is 23.0 Å². The van der Waals surface area contributed by atoms with E-state index in [0.29, 0.717) is 6.29 Å². The Balaban J connectivity index is 2.71. The quantitative estimate of drug-likeness (QED) is 0.799. The van der Waals surface area contributed by atoms with Gasteiger partial charge in [0.2, 0.25) is 0 Å². The Morgan fingerprint density at radius 3 is 2.48 bits per heavy atom. The molecule has 0 saturated heterocycles. The summed E-state index contributed by atoms with van der Waals surface area (Å²) in [6, 6.07) is 5.37. The Labute approximate surface area is 130 Å². The Hall–Kier alpha value is -2.22. The molecule has 0 spiro atoms. The molecule has 2 rings (SSSR count). The standard InChI is InChI=1S/C15H12F3NO3S/c1-2-23(21,22)14-7-12(9-20)19-8-13(14)10-4-3-5-11(6-10)15(16,17)18/h3-9H,2H2,1H3. The van der Waals surface area contributed by atoms with Gasteiger partial charge in [-0.25, -0.2) is 8.42 Å². The van der Waals surface area contributed by atoms with E-state index in [1.165, 1.54) is 19.1 Å². The average molecular weight is 343 g/mol. The van der Waals surface area contributed by atoms with Crippen molar-refractivity contribution in [3.05, 3.63) is 47.8 Å². The van der Waals surface area contributed by atoms with Crippen molar-refractivity contribution in [1.82, 2.24) is 4.98 Å². The highest BCUT2D eigenvalue weighted by Crippen LogP contribution is 2.34. The van der Waals surface area contributed by atoms with Crippen LogP contribution in [0.3, 0.4) is 0 Å². The van der Waals surface area contributed by atoms with Crippen molar-refractivity contribution >= 4 is 16.1 Å². The smallest absolute Gasteiger partial charge is 0.296 e. The number of carbonyl (C=O) groups is 1. The summed E-state index contributed by atoms with van der Waals surface area (Å²) in [7, 11) is -3.74. The third-order valence-corrected chi connectivity index (χ3v) is 4.99. The molecule has 0 atom stereocenters. The zero-order valence-corrected chi connectivity index (χ0v) is 12.8. The minimum atomic E-state index is -4.55. The lowest BCUT2D eigenvalue weighted by Crippen LogP contribution is -2.08. The molecule has 23 heavy (non-hydrogen) atoms. The van der Waals surface area contributed by atoms with Crippen molar-refractivity contribution in [2.75, 3.05) is 5.75 Å². The van der Waals surface area contributed by atoms with Crippen molar-refractivity contribution in [3.8, 4) is 11.1 Å². The summed E-state index contributed by atoms with van der Waals surface area (Å²) >= 11 is 0. The molecule has 1 aromatic heterocycles. The van der Waals surface area contributed by atoms with Crippen LogP contribution in [0.5, 0.6) is 0 Å². The predicted molar refractivity (Wildman–Crippen MR) is 77.8 cm³/mol. The molecule has 0 fully saturated rings. The topological polar surface area (TPSA) is 64.1 Å². The second-order valence-corrected chi connectivity index (χ2v) is 6.95. The molecule has 0 aliphatic rings. The summed E-state index contributed by atoms with van der Waals surface area (Å²) < 4.78 is 62.8. The Morgan fingerprint density at radius 2 is 1.91 bits per heavy atom. The van der Waals surface area contributed by atoms with Crippen molar-refractivity contribution in [3.63, 3.8) is 0 Å². The van der Waals surface area contributed by atoms with Gasteiger partial charge in [-0.15, -0.1) is 0 Å². The van der Waals surface area contributed by atoms with Crippen LogP contribution in [0.2, 0.25) is 0 Å². The minimum absolute atomic E-state index is 0.0311. The molecule has 0 bridgehead atoms. The predicted octanol–water partition coefficient (Wildman–Crippen LogP) is 3.37. The number of halogens is 3. The minimum Gasteiger partial charge on any atom is -0.296 e. The number of pyridine rings is 1. The fraction of sp³-hybridized carbons (Fsp3) is 0.200. The van der Waals surface area contributed by atoms with Gasteiger partial charge in [0, 0.05) is 11.8 Å². The Bertz CT molecular complexity index is 845. The molecular weight excluding hydrogens is 331 g/mol. The highest BCUT2D eigenvalue weighted by atomic mass is 32.2. The third-order valence-electron chi connectivity index (χ3n) is 3.22. The van der Waals surface area contributed by atoms with Crippen LogP contribution < -0.4 is 0 Å². The molecule has 0 aliphatic heterocycles. The highest BCUT2D eigenvalue weighted by Gasteiger charge is 2.31. The van der Waals surface area contributed by atoms with Gasteiger partial charge in [-0.05, 0) is 23.8 Å². The summed E-state index contributed by atoms with van der Waals surface area (Å²) in [5, 5.41) is 0. The van der Waals surface area contributed by atoms with E-state index in [2.05, 4.69) is 4.98 Å². The summed E-state index contributed by atoms with van der Waals surface area (Å²) in [5.74, 6) is -0.249. The maximum Gasteiger partial charge on any atom is 0.416 e. The van der Waals surface area contributed by atoms with E-state index in [1.807, 2.05) is 0 Å². The van der Waals surface area contributed by atoms with E-state index < -0.39 is 21.6 Å². The summed E-state index contributed by atoms with van der Waals surface area (Å²) in [5.41, 5.74) is -0.901. The van der Waals surface area contributed by atoms with Crippen molar-refractivity contribution < 1.29 is 26.4 Å². The molecule has 0 N–H and O–H groups in total. The molecule has 0 aliphatic carbocycles. The lowest BCUT2D eigenvalue weighted by molar-refractivity contribution is -0.137. The van der Waals surface area contributed by atoms with Crippen molar-refractivity contribution in [2.45, 2.75) is 18.0 Å². The molecule has 1 heterocycles. The van der Waals surface area contributed by atoms with Crippen LogP contribution in [-0.2, 0) is 16.0 Å².